The molecule has 0 saturated heterocycles. The number of rotatable bonds is 2. The number of hydrogen-bond donors (Lipinski definition) is 2. The summed E-state index contributed by atoms with van der Waals surface area (Å²) in [5.41, 5.74) is 0. The molecule has 1 fully saturated rings. The van der Waals surface area contributed by atoms with E-state index in [1.54, 1.807) is 0 Å². The second-order valence-corrected chi connectivity index (χ2v) is 5.84. The number of hydrogen-bond acceptors (Lipinski definition) is 4. The van der Waals surface area contributed by atoms with Gasteiger partial charge in [-0.25, -0.2) is 20.3 Å². The smallest absolute Gasteiger partial charge is 0.233 e. The highest BCUT2D eigenvalue weighted by Crippen LogP contribution is 2.27. The molecule has 4 nitrogen and oxygen atoms in total. The third-order valence-electron chi connectivity index (χ3n) is 4.20. The highest BCUT2D eigenvalue weighted by Gasteiger charge is 2.32. The van der Waals surface area contributed by atoms with Crippen molar-refractivity contribution in [1.29, 1.82) is 0 Å². The van der Waals surface area contributed by atoms with E-state index in [0.29, 0.717) is 12.8 Å². The van der Waals surface area contributed by atoms with Crippen molar-refractivity contribution >= 4 is 0 Å². The minimum atomic E-state index is -1.19. The molecule has 0 bridgehead atoms. The predicted octanol–water partition coefficient (Wildman–Crippen LogP) is 5.14. The van der Waals surface area contributed by atoms with Gasteiger partial charge in [0.25, 0.3) is 0 Å². The first-order valence-corrected chi connectivity index (χ1v) is 7.98. The molecule has 0 heterocycles. The molecule has 0 aliphatic heterocycles. The lowest BCUT2D eigenvalue weighted by Gasteiger charge is -2.26. The second kappa shape index (κ2) is 10.6. The Morgan fingerprint density at radius 3 is 1.00 bits per heavy atom. The van der Waals surface area contributed by atoms with Gasteiger partial charge in [-0.05, 0) is 12.8 Å². The van der Waals surface area contributed by atoms with Gasteiger partial charge in [0.15, 0.2) is 0 Å². The van der Waals surface area contributed by atoms with Crippen LogP contribution in [0.1, 0.15) is 89.9 Å². The maximum atomic E-state index is 9.01. The third kappa shape index (κ3) is 7.25. The Balaban J connectivity index is 2.37. The Morgan fingerprint density at radius 1 is 0.474 bits per heavy atom. The van der Waals surface area contributed by atoms with Crippen LogP contribution in [0, 0.1) is 0 Å². The van der Waals surface area contributed by atoms with E-state index in [1.165, 1.54) is 51.4 Å². The van der Waals surface area contributed by atoms with Gasteiger partial charge in [-0.3, -0.25) is 0 Å². The van der Waals surface area contributed by atoms with E-state index in [9.17, 15) is 0 Å². The predicted molar refractivity (Wildman–Crippen MR) is 74.8 cm³/mol. The first-order chi connectivity index (χ1) is 9.33. The van der Waals surface area contributed by atoms with Gasteiger partial charge in [0.2, 0.25) is 5.79 Å². The van der Waals surface area contributed by atoms with Crippen LogP contribution in [-0.4, -0.2) is 16.3 Å². The molecule has 0 aromatic rings. The molecule has 0 atom stereocenters. The van der Waals surface area contributed by atoms with E-state index >= 15 is 0 Å². The van der Waals surface area contributed by atoms with Crippen molar-refractivity contribution in [2.75, 3.05) is 0 Å². The average Bonchev–Trinajstić information content (AvgIpc) is 2.46. The topological polar surface area (TPSA) is 58.9 Å². The molecule has 1 aliphatic carbocycles. The minimum absolute atomic E-state index is 0.556. The van der Waals surface area contributed by atoms with Crippen LogP contribution in [0.4, 0.5) is 0 Å². The van der Waals surface area contributed by atoms with Crippen molar-refractivity contribution in [3.8, 4) is 0 Å². The van der Waals surface area contributed by atoms with Crippen molar-refractivity contribution < 1.29 is 20.3 Å². The van der Waals surface area contributed by atoms with Crippen LogP contribution in [-0.2, 0) is 9.78 Å². The van der Waals surface area contributed by atoms with Crippen molar-refractivity contribution in [3.05, 3.63) is 0 Å². The maximum absolute atomic E-state index is 9.01. The molecular weight excluding hydrogens is 244 g/mol. The van der Waals surface area contributed by atoms with Gasteiger partial charge < -0.3 is 0 Å². The summed E-state index contributed by atoms with van der Waals surface area (Å²) in [6.07, 6.45) is 15.5. The average molecular weight is 274 g/mol. The van der Waals surface area contributed by atoms with Gasteiger partial charge in [-0.15, -0.1) is 0 Å². The van der Waals surface area contributed by atoms with Gasteiger partial charge >= 0.3 is 0 Å². The Morgan fingerprint density at radius 2 is 0.737 bits per heavy atom. The zero-order valence-electron chi connectivity index (χ0n) is 12.1. The molecule has 0 amide bonds. The van der Waals surface area contributed by atoms with E-state index in [-0.39, 0.29) is 0 Å². The molecule has 1 rings (SSSR count). The molecule has 1 aliphatic rings. The highest BCUT2D eigenvalue weighted by atomic mass is 17.2. The summed E-state index contributed by atoms with van der Waals surface area (Å²) < 4.78 is 0. The van der Waals surface area contributed by atoms with Gasteiger partial charge in [-0.2, -0.15) is 0 Å². The Hall–Kier alpha value is -0.160. The van der Waals surface area contributed by atoms with Crippen LogP contribution in [0.2, 0.25) is 0 Å². The van der Waals surface area contributed by atoms with Crippen molar-refractivity contribution in [2.24, 2.45) is 0 Å². The van der Waals surface area contributed by atoms with Crippen LogP contribution in [0.3, 0.4) is 0 Å². The lowest BCUT2D eigenvalue weighted by molar-refractivity contribution is -0.490. The molecule has 0 aromatic heterocycles. The van der Waals surface area contributed by atoms with E-state index in [1.807, 2.05) is 0 Å². The SMILES string of the molecule is OOC1(OO)CCCCCCCCCCCCCC1. The molecule has 0 unspecified atom stereocenters. The van der Waals surface area contributed by atoms with Crippen molar-refractivity contribution in [2.45, 2.75) is 95.7 Å². The van der Waals surface area contributed by atoms with Gasteiger partial charge in [-0.1, -0.05) is 64.2 Å². The molecule has 0 aromatic carbocycles. The molecular formula is C15H30O4. The molecule has 114 valence electrons. The summed E-state index contributed by atoms with van der Waals surface area (Å²) in [4.78, 5) is 8.88. The summed E-state index contributed by atoms with van der Waals surface area (Å²) in [6.45, 7) is 0. The van der Waals surface area contributed by atoms with Crippen LogP contribution < -0.4 is 0 Å². The van der Waals surface area contributed by atoms with E-state index in [2.05, 4.69) is 9.78 Å². The fraction of sp³-hybridized carbons (Fsp3) is 1.00. The summed E-state index contributed by atoms with van der Waals surface area (Å²) in [6, 6.07) is 0. The lowest BCUT2D eigenvalue weighted by Crippen LogP contribution is -2.34. The summed E-state index contributed by atoms with van der Waals surface area (Å²) in [7, 11) is 0. The van der Waals surface area contributed by atoms with E-state index < -0.39 is 5.79 Å². The molecule has 1 saturated carbocycles. The fourth-order valence-corrected chi connectivity index (χ4v) is 2.88. The zero-order chi connectivity index (χ0) is 13.8. The van der Waals surface area contributed by atoms with Gasteiger partial charge in [0.1, 0.15) is 0 Å². The largest absolute Gasteiger partial charge is 0.249 e. The highest BCUT2D eigenvalue weighted by molar-refractivity contribution is 4.68. The lowest BCUT2D eigenvalue weighted by atomic mass is 10.00. The monoisotopic (exact) mass is 274 g/mol. The van der Waals surface area contributed by atoms with Crippen LogP contribution >= 0.6 is 0 Å². The Bertz CT molecular complexity index is 186. The first-order valence-electron chi connectivity index (χ1n) is 7.98. The normalized spacial score (nSPS) is 24.3. The van der Waals surface area contributed by atoms with Crippen LogP contribution in [0.15, 0.2) is 0 Å². The molecule has 4 heteroatoms. The van der Waals surface area contributed by atoms with Crippen LogP contribution in [0.25, 0.3) is 0 Å². The molecule has 2 N–H and O–H groups in total. The molecule has 0 spiro atoms. The first kappa shape index (κ1) is 16.9. The molecule has 0 radical (unpaired) electrons. The van der Waals surface area contributed by atoms with Crippen molar-refractivity contribution in [1.82, 2.24) is 0 Å². The summed E-state index contributed by atoms with van der Waals surface area (Å²) >= 11 is 0. The minimum Gasteiger partial charge on any atom is -0.249 e. The van der Waals surface area contributed by atoms with E-state index in [4.69, 9.17) is 10.5 Å². The Kier molecular flexibility index (Phi) is 9.43. The standard InChI is InChI=1S/C15H30O4/c16-18-15(19-17)13-11-9-7-5-3-1-2-4-6-8-10-12-14-15/h16-17H,1-14H2. The molecule has 19 heavy (non-hydrogen) atoms. The zero-order valence-corrected chi connectivity index (χ0v) is 12.1. The second-order valence-electron chi connectivity index (χ2n) is 5.84. The quantitative estimate of drug-likeness (QED) is 0.416. The summed E-state index contributed by atoms with van der Waals surface area (Å²) in [5, 5.41) is 18.0. The van der Waals surface area contributed by atoms with Crippen LogP contribution in [0.5, 0.6) is 0 Å². The van der Waals surface area contributed by atoms with Gasteiger partial charge in [0.05, 0.1) is 0 Å². The fourth-order valence-electron chi connectivity index (χ4n) is 2.88. The summed E-state index contributed by atoms with van der Waals surface area (Å²) in [5.74, 6) is -1.19. The van der Waals surface area contributed by atoms with E-state index in [0.717, 1.165) is 25.7 Å². The maximum Gasteiger partial charge on any atom is 0.233 e. The Labute approximate surface area is 117 Å². The van der Waals surface area contributed by atoms with Crippen molar-refractivity contribution in [3.63, 3.8) is 0 Å². The third-order valence-corrected chi connectivity index (χ3v) is 4.20. The van der Waals surface area contributed by atoms with Gasteiger partial charge in [0, 0.05) is 12.8 Å².